The Morgan fingerprint density at radius 1 is 1.37 bits per heavy atom. The van der Waals surface area contributed by atoms with E-state index < -0.39 is 10.9 Å². The molecule has 0 amide bonds. The van der Waals surface area contributed by atoms with Crippen LogP contribution in [-0.4, -0.2) is 20.6 Å². The highest BCUT2D eigenvalue weighted by Gasteiger charge is 2.20. The van der Waals surface area contributed by atoms with Gasteiger partial charge in [-0.3, -0.25) is 10.1 Å². The van der Waals surface area contributed by atoms with Gasteiger partial charge in [0.25, 0.3) is 5.69 Å². The maximum Gasteiger partial charge on any atom is 0.352 e. The van der Waals surface area contributed by atoms with E-state index in [9.17, 15) is 14.9 Å². The lowest BCUT2D eigenvalue weighted by molar-refractivity contribution is -0.384. The molecular formula is C12H9ClN2O4. The third kappa shape index (κ3) is 2.30. The second-order valence-corrected chi connectivity index (χ2v) is 4.32. The van der Waals surface area contributed by atoms with Crippen molar-refractivity contribution in [1.29, 1.82) is 0 Å². The number of hydrogen-bond donors (Lipinski definition) is 1. The molecule has 0 saturated heterocycles. The van der Waals surface area contributed by atoms with Gasteiger partial charge in [0.05, 0.1) is 16.2 Å². The number of aromatic carboxylic acids is 1. The summed E-state index contributed by atoms with van der Waals surface area (Å²) in [7, 11) is 1.54. The van der Waals surface area contributed by atoms with Crippen molar-refractivity contribution in [2.24, 2.45) is 7.05 Å². The quantitative estimate of drug-likeness (QED) is 0.692. The molecule has 0 aliphatic carbocycles. The van der Waals surface area contributed by atoms with Crippen molar-refractivity contribution in [2.45, 2.75) is 0 Å². The number of hydrogen-bond acceptors (Lipinski definition) is 3. The Morgan fingerprint density at radius 2 is 2.05 bits per heavy atom. The van der Waals surface area contributed by atoms with Crippen molar-refractivity contribution >= 4 is 23.3 Å². The normalized spacial score (nSPS) is 10.4. The highest BCUT2D eigenvalue weighted by atomic mass is 35.5. The zero-order chi connectivity index (χ0) is 14.2. The Hall–Kier alpha value is -2.34. The molecule has 98 valence electrons. The van der Waals surface area contributed by atoms with Crippen LogP contribution in [0.2, 0.25) is 5.02 Å². The van der Waals surface area contributed by atoms with E-state index in [1.807, 2.05) is 0 Å². The molecule has 7 heteroatoms. The van der Waals surface area contributed by atoms with Crippen LogP contribution in [0.3, 0.4) is 0 Å². The van der Waals surface area contributed by atoms with Crippen molar-refractivity contribution in [1.82, 2.24) is 4.57 Å². The van der Waals surface area contributed by atoms with Crippen molar-refractivity contribution in [3.63, 3.8) is 0 Å². The third-order valence-electron chi connectivity index (χ3n) is 2.77. The number of benzene rings is 1. The highest BCUT2D eigenvalue weighted by molar-refractivity contribution is 6.30. The van der Waals surface area contributed by atoms with E-state index in [1.54, 1.807) is 0 Å². The first-order valence-electron chi connectivity index (χ1n) is 5.25. The minimum atomic E-state index is -1.09. The molecule has 1 N–H and O–H groups in total. The summed E-state index contributed by atoms with van der Waals surface area (Å²) in [5.74, 6) is -1.09. The predicted octanol–water partition coefficient (Wildman–Crippen LogP) is 2.95. The standard InChI is InChI=1S/C12H9ClN2O4/c1-14-9(4-5-10(14)12(16)17)8-3-2-7(13)6-11(8)15(18)19/h2-6H,1H3,(H,16,17). The molecule has 0 spiro atoms. The number of nitrogens with zero attached hydrogens (tertiary/aromatic N) is 2. The van der Waals surface area contributed by atoms with Gasteiger partial charge in [-0.25, -0.2) is 4.79 Å². The Labute approximate surface area is 113 Å². The number of aromatic nitrogens is 1. The number of halogens is 1. The summed E-state index contributed by atoms with van der Waals surface area (Å²) >= 11 is 5.74. The van der Waals surface area contributed by atoms with E-state index in [4.69, 9.17) is 16.7 Å². The first-order chi connectivity index (χ1) is 8.91. The molecule has 2 rings (SSSR count). The summed E-state index contributed by atoms with van der Waals surface area (Å²) in [6, 6.07) is 7.19. The van der Waals surface area contributed by atoms with Crippen LogP contribution >= 0.6 is 11.6 Å². The third-order valence-corrected chi connectivity index (χ3v) is 3.01. The fourth-order valence-electron chi connectivity index (χ4n) is 1.87. The van der Waals surface area contributed by atoms with Gasteiger partial charge in [-0.2, -0.15) is 0 Å². The predicted molar refractivity (Wildman–Crippen MR) is 69.5 cm³/mol. The summed E-state index contributed by atoms with van der Waals surface area (Å²) < 4.78 is 1.39. The zero-order valence-electron chi connectivity index (χ0n) is 9.83. The zero-order valence-corrected chi connectivity index (χ0v) is 10.6. The molecule has 0 radical (unpaired) electrons. The summed E-state index contributed by atoms with van der Waals surface area (Å²) in [6.07, 6.45) is 0. The lowest BCUT2D eigenvalue weighted by Crippen LogP contribution is -2.05. The minimum absolute atomic E-state index is 0.0549. The second kappa shape index (κ2) is 4.74. The van der Waals surface area contributed by atoms with Crippen molar-refractivity contribution in [3.05, 3.63) is 51.2 Å². The smallest absolute Gasteiger partial charge is 0.352 e. The van der Waals surface area contributed by atoms with Crippen LogP contribution in [0.4, 0.5) is 5.69 Å². The van der Waals surface area contributed by atoms with Gasteiger partial charge < -0.3 is 9.67 Å². The molecule has 0 aliphatic rings. The first kappa shape index (κ1) is 13.1. The van der Waals surface area contributed by atoms with Crippen LogP contribution in [0.1, 0.15) is 10.5 Å². The molecular weight excluding hydrogens is 272 g/mol. The Morgan fingerprint density at radius 3 is 2.58 bits per heavy atom. The number of nitro groups is 1. The van der Waals surface area contributed by atoms with E-state index >= 15 is 0 Å². The molecule has 1 aromatic carbocycles. The molecule has 0 bridgehead atoms. The summed E-state index contributed by atoms with van der Waals surface area (Å²) in [6.45, 7) is 0. The minimum Gasteiger partial charge on any atom is -0.477 e. The number of carboxylic acid groups (broad SMARTS) is 1. The molecule has 6 nitrogen and oxygen atoms in total. The second-order valence-electron chi connectivity index (χ2n) is 3.89. The molecule has 0 saturated carbocycles. The van der Waals surface area contributed by atoms with Gasteiger partial charge in [-0.05, 0) is 24.3 Å². The van der Waals surface area contributed by atoms with Gasteiger partial charge in [0.1, 0.15) is 5.69 Å². The lowest BCUT2D eigenvalue weighted by atomic mass is 10.1. The fraction of sp³-hybridized carbons (Fsp3) is 0.0833. The molecule has 0 fully saturated rings. The van der Waals surface area contributed by atoms with E-state index in [1.165, 1.54) is 41.9 Å². The highest BCUT2D eigenvalue weighted by Crippen LogP contribution is 2.32. The molecule has 0 unspecified atom stereocenters. The van der Waals surface area contributed by atoms with Crippen molar-refractivity contribution in [2.75, 3.05) is 0 Å². The average molecular weight is 281 g/mol. The van der Waals surface area contributed by atoms with E-state index in [2.05, 4.69) is 0 Å². The van der Waals surface area contributed by atoms with E-state index in [-0.39, 0.29) is 16.4 Å². The van der Waals surface area contributed by atoms with Gasteiger partial charge in [0, 0.05) is 18.1 Å². The number of carboxylic acids is 1. The Bertz CT molecular complexity index is 678. The molecule has 1 heterocycles. The van der Waals surface area contributed by atoms with Crippen molar-refractivity contribution in [3.8, 4) is 11.3 Å². The van der Waals surface area contributed by atoms with Gasteiger partial charge in [-0.1, -0.05) is 11.6 Å². The summed E-state index contributed by atoms with van der Waals surface area (Å²) in [5.41, 5.74) is 0.662. The largest absolute Gasteiger partial charge is 0.477 e. The van der Waals surface area contributed by atoms with Crippen LogP contribution in [0.15, 0.2) is 30.3 Å². The number of nitro benzene ring substituents is 1. The van der Waals surface area contributed by atoms with Gasteiger partial charge in [0.15, 0.2) is 0 Å². The van der Waals surface area contributed by atoms with Gasteiger partial charge in [0.2, 0.25) is 0 Å². The maximum atomic E-state index is 11.0. The first-order valence-corrected chi connectivity index (χ1v) is 5.63. The van der Waals surface area contributed by atoms with Gasteiger partial charge in [-0.15, -0.1) is 0 Å². The van der Waals surface area contributed by atoms with Crippen LogP contribution in [-0.2, 0) is 7.05 Å². The molecule has 2 aromatic rings. The van der Waals surface area contributed by atoms with E-state index in [0.717, 1.165) is 0 Å². The van der Waals surface area contributed by atoms with Crippen LogP contribution in [0, 0.1) is 10.1 Å². The molecule has 19 heavy (non-hydrogen) atoms. The Balaban J connectivity index is 2.66. The van der Waals surface area contributed by atoms with Gasteiger partial charge >= 0.3 is 5.97 Å². The Kier molecular flexibility index (Phi) is 3.26. The van der Waals surface area contributed by atoms with Crippen LogP contribution in [0.25, 0.3) is 11.3 Å². The number of carbonyl (C=O) groups is 1. The maximum absolute atomic E-state index is 11.0. The molecule has 0 atom stereocenters. The van der Waals surface area contributed by atoms with E-state index in [0.29, 0.717) is 11.3 Å². The summed E-state index contributed by atoms with van der Waals surface area (Å²) in [5, 5.41) is 20.2. The number of rotatable bonds is 3. The SMILES string of the molecule is Cn1c(C(=O)O)ccc1-c1ccc(Cl)cc1[N+](=O)[O-]. The van der Waals surface area contributed by atoms with Crippen molar-refractivity contribution < 1.29 is 14.8 Å². The fourth-order valence-corrected chi connectivity index (χ4v) is 2.04. The monoisotopic (exact) mass is 280 g/mol. The summed E-state index contributed by atoms with van der Waals surface area (Å²) in [4.78, 5) is 21.4. The van der Waals surface area contributed by atoms with Crippen LogP contribution < -0.4 is 0 Å². The van der Waals surface area contributed by atoms with Crippen LogP contribution in [0.5, 0.6) is 0 Å². The molecule has 1 aromatic heterocycles. The topological polar surface area (TPSA) is 85.4 Å². The lowest BCUT2D eigenvalue weighted by Gasteiger charge is -2.06. The molecule has 0 aliphatic heterocycles. The average Bonchev–Trinajstić information content (AvgIpc) is 2.71.